The Balaban J connectivity index is 2.78. The summed E-state index contributed by atoms with van der Waals surface area (Å²) in [4.78, 5) is 10.3. The summed E-state index contributed by atoms with van der Waals surface area (Å²) in [5, 5.41) is 25.7. The van der Waals surface area contributed by atoms with Gasteiger partial charge in [0.15, 0.2) is 0 Å². The third-order valence-corrected chi connectivity index (χ3v) is 1.64. The zero-order valence-electron chi connectivity index (χ0n) is 5.37. The third kappa shape index (κ3) is 0.650. The van der Waals surface area contributed by atoms with Crippen molar-refractivity contribution in [3.63, 3.8) is 0 Å². The Labute approximate surface area is 56.9 Å². The van der Waals surface area contributed by atoms with Gasteiger partial charge in [0.1, 0.15) is 0 Å². The summed E-state index contributed by atoms with van der Waals surface area (Å²) >= 11 is 0. The lowest BCUT2D eigenvalue weighted by Crippen LogP contribution is -2.33. The number of carboxylic acids is 1. The maximum Gasteiger partial charge on any atom is 0.344 e. The fourth-order valence-electron chi connectivity index (χ4n) is 0.854. The highest BCUT2D eigenvalue weighted by molar-refractivity contribution is 5.81. The Bertz CT molecular complexity index is 175. The van der Waals surface area contributed by atoms with Crippen LogP contribution in [0.4, 0.5) is 0 Å². The van der Waals surface area contributed by atoms with E-state index in [0.29, 0.717) is 0 Å². The molecule has 58 valence electrons. The minimum atomic E-state index is -2.46. The molecule has 1 fully saturated rings. The summed E-state index contributed by atoms with van der Waals surface area (Å²) in [6.07, 6.45) is 0.0370. The Morgan fingerprint density at radius 3 is 2.00 bits per heavy atom. The number of epoxide rings is 1. The van der Waals surface area contributed by atoms with Gasteiger partial charge in [-0.2, -0.15) is 0 Å². The van der Waals surface area contributed by atoms with Crippen molar-refractivity contribution in [1.82, 2.24) is 0 Å². The SMILES string of the molecule is CCC1(C(=O)O)OC1(O)O. The van der Waals surface area contributed by atoms with Crippen molar-refractivity contribution in [2.24, 2.45) is 0 Å². The molecule has 1 atom stereocenters. The lowest BCUT2D eigenvalue weighted by atomic mass is 10.1. The Kier molecular flexibility index (Phi) is 1.26. The van der Waals surface area contributed by atoms with Crippen molar-refractivity contribution >= 4 is 5.97 Å². The standard InChI is InChI=1S/C5H8O5/c1-2-4(3(6)7)5(8,9)10-4/h8-9H,2H2,1H3,(H,6,7). The fourth-order valence-corrected chi connectivity index (χ4v) is 0.854. The van der Waals surface area contributed by atoms with E-state index in [2.05, 4.69) is 4.74 Å². The first-order valence-electron chi connectivity index (χ1n) is 2.84. The first-order valence-corrected chi connectivity index (χ1v) is 2.84. The molecular weight excluding hydrogens is 140 g/mol. The maximum absolute atomic E-state index is 10.3. The summed E-state index contributed by atoms with van der Waals surface area (Å²) in [6, 6.07) is 0. The number of rotatable bonds is 2. The molecule has 1 aliphatic rings. The predicted molar refractivity (Wildman–Crippen MR) is 28.9 cm³/mol. The third-order valence-electron chi connectivity index (χ3n) is 1.64. The van der Waals surface area contributed by atoms with Gasteiger partial charge in [-0.15, -0.1) is 0 Å². The molecule has 0 bridgehead atoms. The molecule has 0 amide bonds. The molecule has 5 heteroatoms. The molecular formula is C5H8O5. The Morgan fingerprint density at radius 1 is 1.60 bits per heavy atom. The summed E-state index contributed by atoms with van der Waals surface area (Å²) in [5.41, 5.74) is -1.78. The molecule has 0 spiro atoms. The van der Waals surface area contributed by atoms with Crippen LogP contribution in [0.15, 0.2) is 0 Å². The van der Waals surface area contributed by atoms with Crippen LogP contribution in [0.1, 0.15) is 13.3 Å². The zero-order chi connectivity index (χ0) is 7.99. The molecule has 1 aliphatic heterocycles. The number of aliphatic hydroxyl groups is 2. The monoisotopic (exact) mass is 148 g/mol. The molecule has 10 heavy (non-hydrogen) atoms. The quantitative estimate of drug-likeness (QED) is 0.341. The van der Waals surface area contributed by atoms with Crippen LogP contribution < -0.4 is 0 Å². The van der Waals surface area contributed by atoms with Crippen molar-refractivity contribution in [1.29, 1.82) is 0 Å². The van der Waals surface area contributed by atoms with Gasteiger partial charge in [-0.3, -0.25) is 4.74 Å². The molecule has 0 aromatic heterocycles. The minimum absolute atomic E-state index is 0.0370. The molecule has 5 nitrogen and oxygen atoms in total. The maximum atomic E-state index is 10.3. The number of hydrogen-bond acceptors (Lipinski definition) is 4. The first-order chi connectivity index (χ1) is 4.46. The van der Waals surface area contributed by atoms with Gasteiger partial charge >= 0.3 is 11.9 Å². The Hall–Kier alpha value is -0.650. The Morgan fingerprint density at radius 2 is 2.00 bits per heavy atom. The van der Waals surface area contributed by atoms with Crippen molar-refractivity contribution in [2.75, 3.05) is 0 Å². The second kappa shape index (κ2) is 1.69. The molecule has 1 heterocycles. The normalized spacial score (nSPS) is 35.5. The fraction of sp³-hybridized carbons (Fsp3) is 0.800. The summed E-state index contributed by atoms with van der Waals surface area (Å²) in [5.74, 6) is -3.81. The van der Waals surface area contributed by atoms with Crippen molar-refractivity contribution in [2.45, 2.75) is 24.9 Å². The number of ether oxygens (including phenoxy) is 1. The van der Waals surface area contributed by atoms with E-state index in [9.17, 15) is 4.79 Å². The molecule has 0 saturated carbocycles. The summed E-state index contributed by atoms with van der Waals surface area (Å²) < 4.78 is 4.21. The van der Waals surface area contributed by atoms with Gasteiger partial charge in [-0.1, -0.05) is 6.92 Å². The highest BCUT2D eigenvalue weighted by Crippen LogP contribution is 2.46. The van der Waals surface area contributed by atoms with Crippen molar-refractivity contribution in [3.8, 4) is 0 Å². The van der Waals surface area contributed by atoms with E-state index in [-0.39, 0.29) is 6.42 Å². The van der Waals surface area contributed by atoms with E-state index < -0.39 is 17.5 Å². The van der Waals surface area contributed by atoms with E-state index in [0.717, 1.165) is 0 Å². The molecule has 0 aromatic carbocycles. The summed E-state index contributed by atoms with van der Waals surface area (Å²) in [7, 11) is 0. The summed E-state index contributed by atoms with van der Waals surface area (Å²) in [6.45, 7) is 1.50. The average molecular weight is 148 g/mol. The largest absolute Gasteiger partial charge is 0.479 e. The van der Waals surface area contributed by atoms with Crippen LogP contribution >= 0.6 is 0 Å². The topological polar surface area (TPSA) is 90.3 Å². The molecule has 3 N–H and O–H groups in total. The lowest BCUT2D eigenvalue weighted by molar-refractivity contribution is -0.158. The molecule has 1 unspecified atom stereocenters. The predicted octanol–water partition coefficient (Wildman–Crippen LogP) is -1.11. The van der Waals surface area contributed by atoms with Gasteiger partial charge in [-0.25, -0.2) is 4.79 Å². The molecule has 0 aromatic rings. The molecule has 1 saturated heterocycles. The van der Waals surface area contributed by atoms with E-state index in [1.807, 2.05) is 0 Å². The van der Waals surface area contributed by atoms with Gasteiger partial charge in [-0.05, 0) is 6.42 Å². The highest BCUT2D eigenvalue weighted by Gasteiger charge is 2.75. The van der Waals surface area contributed by atoms with Crippen LogP contribution in [0.2, 0.25) is 0 Å². The van der Waals surface area contributed by atoms with Gasteiger partial charge in [0.05, 0.1) is 0 Å². The average Bonchev–Trinajstić information content (AvgIpc) is 2.35. The lowest BCUT2D eigenvalue weighted by Gasteiger charge is -2.01. The van der Waals surface area contributed by atoms with Crippen LogP contribution in [-0.2, 0) is 9.53 Å². The number of aliphatic carboxylic acids is 1. The first kappa shape index (κ1) is 7.46. The number of carboxylic acid groups (broad SMARTS) is 1. The molecule has 0 radical (unpaired) electrons. The molecule has 0 aliphatic carbocycles. The van der Waals surface area contributed by atoms with Gasteiger partial charge < -0.3 is 15.3 Å². The number of hydrogen-bond donors (Lipinski definition) is 3. The van der Waals surface area contributed by atoms with E-state index >= 15 is 0 Å². The minimum Gasteiger partial charge on any atom is -0.479 e. The zero-order valence-corrected chi connectivity index (χ0v) is 5.37. The number of carbonyl (C=O) groups is 1. The van der Waals surface area contributed by atoms with Crippen LogP contribution in [0.5, 0.6) is 0 Å². The van der Waals surface area contributed by atoms with Gasteiger partial charge in [0.2, 0.25) is 0 Å². The van der Waals surface area contributed by atoms with Crippen LogP contribution in [0.25, 0.3) is 0 Å². The van der Waals surface area contributed by atoms with Crippen LogP contribution in [-0.4, -0.2) is 32.9 Å². The van der Waals surface area contributed by atoms with E-state index in [4.69, 9.17) is 15.3 Å². The van der Waals surface area contributed by atoms with Crippen molar-refractivity contribution < 1.29 is 24.9 Å². The van der Waals surface area contributed by atoms with E-state index in [1.54, 1.807) is 0 Å². The van der Waals surface area contributed by atoms with Crippen LogP contribution in [0.3, 0.4) is 0 Å². The van der Waals surface area contributed by atoms with Crippen LogP contribution in [0, 0.1) is 0 Å². The smallest absolute Gasteiger partial charge is 0.344 e. The molecule has 1 rings (SSSR count). The van der Waals surface area contributed by atoms with Crippen molar-refractivity contribution in [3.05, 3.63) is 0 Å². The van der Waals surface area contributed by atoms with Gasteiger partial charge in [0, 0.05) is 0 Å². The van der Waals surface area contributed by atoms with Gasteiger partial charge in [0.25, 0.3) is 5.60 Å². The second-order valence-electron chi connectivity index (χ2n) is 2.20. The second-order valence-corrected chi connectivity index (χ2v) is 2.20. The highest BCUT2D eigenvalue weighted by atomic mass is 16.9. The van der Waals surface area contributed by atoms with E-state index in [1.165, 1.54) is 6.92 Å².